The van der Waals surface area contributed by atoms with E-state index in [0.717, 1.165) is 0 Å². The van der Waals surface area contributed by atoms with Crippen LogP contribution in [-0.4, -0.2) is 9.79 Å². The van der Waals surface area contributed by atoms with Crippen molar-refractivity contribution in [2.24, 2.45) is 0 Å². The Morgan fingerprint density at radius 2 is 1.85 bits per heavy atom. The molecule has 0 aliphatic heterocycles. The van der Waals surface area contributed by atoms with E-state index >= 15 is 0 Å². The van der Waals surface area contributed by atoms with Crippen LogP contribution >= 0.6 is 6.72 Å². The van der Waals surface area contributed by atoms with Crippen LogP contribution in [0.5, 0.6) is 5.75 Å². The molecule has 0 saturated heterocycles. The van der Waals surface area contributed by atoms with Crippen molar-refractivity contribution in [3.8, 4) is 5.75 Å². The first-order valence-electron chi connectivity index (χ1n) is 3.24. The van der Waals surface area contributed by atoms with E-state index in [1.54, 1.807) is 0 Å². The van der Waals surface area contributed by atoms with Gasteiger partial charge < -0.3 is 14.3 Å². The van der Waals surface area contributed by atoms with Crippen molar-refractivity contribution in [1.29, 1.82) is 0 Å². The van der Waals surface area contributed by atoms with Crippen LogP contribution in [0.4, 0.5) is 5.69 Å². The largest absolute Gasteiger partial charge is 0.424 e. The molecule has 0 amide bonds. The van der Waals surface area contributed by atoms with E-state index in [-0.39, 0.29) is 5.75 Å². The van der Waals surface area contributed by atoms with Gasteiger partial charge in [0, 0.05) is 11.8 Å². The Labute approximate surface area is 80.5 Å². The predicted octanol–water partition coefficient (Wildman–Crippen LogP) is 1.83. The van der Waals surface area contributed by atoms with Crippen LogP contribution in [-0.2, 0) is 11.8 Å². The summed E-state index contributed by atoms with van der Waals surface area (Å²) in [7, 11) is 0. The van der Waals surface area contributed by atoms with E-state index in [4.69, 9.17) is 16.4 Å². The molecular weight excluding hydrogens is 209 g/mol. The highest BCUT2D eigenvalue weighted by Crippen LogP contribution is 2.38. The van der Waals surface area contributed by atoms with Crippen molar-refractivity contribution in [3.63, 3.8) is 0 Å². The molecule has 1 rings (SSSR count). The summed E-state index contributed by atoms with van der Waals surface area (Å²) in [5.41, 5.74) is 0.455. The molecule has 0 aliphatic carbocycles. The van der Waals surface area contributed by atoms with E-state index in [1.807, 2.05) is 0 Å². The Morgan fingerprint density at radius 3 is 2.23 bits per heavy atom. The average molecular weight is 215 g/mol. The van der Waals surface area contributed by atoms with E-state index in [1.165, 1.54) is 24.3 Å². The van der Waals surface area contributed by atoms with Crippen LogP contribution in [0.3, 0.4) is 0 Å². The molecule has 6 heteroatoms. The van der Waals surface area contributed by atoms with Gasteiger partial charge in [-0.2, -0.15) is 0 Å². The van der Waals surface area contributed by atoms with Crippen LogP contribution in [0.25, 0.3) is 4.85 Å². The maximum absolute atomic E-state index is 8.80. The minimum atomic E-state index is -3.66. The summed E-state index contributed by atoms with van der Waals surface area (Å²) in [6.45, 7) is 3.01. The molecule has 0 aliphatic rings. The van der Waals surface area contributed by atoms with Gasteiger partial charge in [-0.3, -0.25) is 0 Å². The second-order valence-electron chi connectivity index (χ2n) is 2.19. The molecule has 0 unspecified atom stereocenters. The molecule has 0 radical (unpaired) electrons. The lowest BCUT2D eigenvalue weighted by Crippen LogP contribution is -1.88. The van der Waals surface area contributed by atoms with Crippen LogP contribution in [0.15, 0.2) is 24.3 Å². The molecular formula is C7H6NO3PS. The first kappa shape index (κ1) is 10.2. The second kappa shape index (κ2) is 3.86. The zero-order valence-corrected chi connectivity index (χ0v) is 8.13. The van der Waals surface area contributed by atoms with Gasteiger partial charge in [-0.05, 0) is 12.1 Å². The van der Waals surface area contributed by atoms with E-state index in [0.29, 0.717) is 5.69 Å². The average Bonchev–Trinajstić information content (AvgIpc) is 2.03. The molecule has 13 heavy (non-hydrogen) atoms. The SMILES string of the molecule is [C-]#[N+]c1ccc(OP(O)(O)=S)cc1. The summed E-state index contributed by atoms with van der Waals surface area (Å²) in [6, 6.07) is 5.93. The highest BCUT2D eigenvalue weighted by molar-refractivity contribution is 8.06. The molecule has 2 N–H and O–H groups in total. The van der Waals surface area contributed by atoms with Crippen LogP contribution in [0, 0.1) is 6.57 Å². The molecule has 0 bridgehead atoms. The molecule has 0 heterocycles. The molecule has 4 nitrogen and oxygen atoms in total. The summed E-state index contributed by atoms with van der Waals surface area (Å²) < 4.78 is 4.64. The normalized spacial score (nSPS) is 10.5. The Kier molecular flexibility index (Phi) is 3.02. The van der Waals surface area contributed by atoms with Crippen molar-refractivity contribution in [3.05, 3.63) is 35.7 Å². The molecule has 1 aromatic rings. The molecule has 0 fully saturated rings. The zero-order chi connectivity index (χ0) is 9.90. The molecule has 1 aromatic carbocycles. The maximum atomic E-state index is 8.80. The van der Waals surface area contributed by atoms with Gasteiger partial charge >= 0.3 is 6.72 Å². The van der Waals surface area contributed by atoms with E-state index < -0.39 is 6.72 Å². The molecule has 0 saturated carbocycles. The summed E-state index contributed by atoms with van der Waals surface area (Å²) >= 11 is 4.27. The monoisotopic (exact) mass is 215 g/mol. The third kappa shape index (κ3) is 3.53. The Morgan fingerprint density at radius 1 is 1.31 bits per heavy atom. The standard InChI is InChI=1S/C7H6NO3PS/c1-8-6-2-4-7(5-3-6)11-12(9,10)13/h2-5H,(H2,9,10,13). The summed E-state index contributed by atoms with van der Waals surface area (Å²) in [5.74, 6) is 0.251. The quantitative estimate of drug-likeness (QED) is 0.583. The van der Waals surface area contributed by atoms with Gasteiger partial charge in [0.1, 0.15) is 5.75 Å². The Bertz CT molecular complexity index is 378. The minimum Gasteiger partial charge on any atom is -0.424 e. The summed E-state index contributed by atoms with van der Waals surface area (Å²) in [4.78, 5) is 20.8. The van der Waals surface area contributed by atoms with Gasteiger partial charge in [0.2, 0.25) is 0 Å². The molecule has 0 aromatic heterocycles. The van der Waals surface area contributed by atoms with Gasteiger partial charge in [-0.25, -0.2) is 4.85 Å². The highest BCUT2D eigenvalue weighted by Gasteiger charge is 2.09. The Balaban J connectivity index is 2.83. The van der Waals surface area contributed by atoms with Crippen molar-refractivity contribution in [2.75, 3.05) is 0 Å². The van der Waals surface area contributed by atoms with Gasteiger partial charge in [0.15, 0.2) is 5.69 Å². The molecule has 0 atom stereocenters. The van der Waals surface area contributed by atoms with Crippen molar-refractivity contribution >= 4 is 24.2 Å². The zero-order valence-electron chi connectivity index (χ0n) is 6.41. The maximum Gasteiger partial charge on any atom is 0.375 e. The smallest absolute Gasteiger partial charge is 0.375 e. The predicted molar refractivity (Wildman–Crippen MR) is 52.1 cm³/mol. The van der Waals surface area contributed by atoms with Crippen LogP contribution < -0.4 is 4.52 Å². The minimum absolute atomic E-state index is 0.251. The topological polar surface area (TPSA) is 54.0 Å². The van der Waals surface area contributed by atoms with E-state index in [9.17, 15) is 0 Å². The van der Waals surface area contributed by atoms with Crippen molar-refractivity contribution in [1.82, 2.24) is 0 Å². The third-order valence-corrected chi connectivity index (χ3v) is 1.86. The van der Waals surface area contributed by atoms with Gasteiger partial charge in [0.25, 0.3) is 0 Å². The number of hydrogen-bond acceptors (Lipinski definition) is 2. The van der Waals surface area contributed by atoms with Crippen molar-refractivity contribution in [2.45, 2.75) is 0 Å². The fourth-order valence-corrected chi connectivity index (χ4v) is 1.37. The first-order valence-corrected chi connectivity index (χ1v) is 5.86. The molecule has 0 spiro atoms. The van der Waals surface area contributed by atoms with Crippen molar-refractivity contribution < 1.29 is 14.3 Å². The summed E-state index contributed by atoms with van der Waals surface area (Å²) in [5, 5.41) is 0. The van der Waals surface area contributed by atoms with Crippen LogP contribution in [0.1, 0.15) is 0 Å². The fourth-order valence-electron chi connectivity index (χ4n) is 0.719. The fraction of sp³-hybridized carbons (Fsp3) is 0. The first-order chi connectivity index (χ1) is 6.01. The van der Waals surface area contributed by atoms with Gasteiger partial charge in [-0.15, -0.1) is 0 Å². The lowest BCUT2D eigenvalue weighted by atomic mass is 10.3. The highest BCUT2D eigenvalue weighted by atomic mass is 32.5. The lowest BCUT2D eigenvalue weighted by Gasteiger charge is -2.09. The van der Waals surface area contributed by atoms with Gasteiger partial charge in [-0.1, -0.05) is 12.1 Å². The number of rotatable bonds is 2. The third-order valence-electron chi connectivity index (χ3n) is 1.19. The number of nitrogens with zero attached hydrogens (tertiary/aromatic N) is 1. The van der Waals surface area contributed by atoms with Crippen LogP contribution in [0.2, 0.25) is 0 Å². The number of hydrogen-bond donors (Lipinski definition) is 2. The Hall–Kier alpha value is -0.920. The molecule has 68 valence electrons. The lowest BCUT2D eigenvalue weighted by molar-refractivity contribution is 0.370. The van der Waals surface area contributed by atoms with Gasteiger partial charge in [0.05, 0.1) is 6.57 Å². The number of benzene rings is 1. The second-order valence-corrected chi connectivity index (χ2v) is 4.78. The summed E-state index contributed by atoms with van der Waals surface area (Å²) in [6.07, 6.45) is 0. The van der Waals surface area contributed by atoms with E-state index in [2.05, 4.69) is 21.2 Å².